The number of benzene rings is 2. The standard InChI is InChI=1S/C20H21NO2/c1-20(2)16-7-5-6-8-17(16)21(3)19(20)13-18(22)14-9-11-15(23-4)12-10-14/h5-13H,1-4H3. The summed E-state index contributed by atoms with van der Waals surface area (Å²) in [6.07, 6.45) is 1.75. The van der Waals surface area contributed by atoms with Crippen LogP contribution in [0.1, 0.15) is 29.8 Å². The lowest BCUT2D eigenvalue weighted by molar-refractivity contribution is 0.104. The molecular weight excluding hydrogens is 286 g/mol. The summed E-state index contributed by atoms with van der Waals surface area (Å²) >= 11 is 0. The van der Waals surface area contributed by atoms with E-state index in [2.05, 4.69) is 30.9 Å². The molecule has 2 aromatic rings. The van der Waals surface area contributed by atoms with Crippen molar-refractivity contribution in [2.45, 2.75) is 19.3 Å². The van der Waals surface area contributed by atoms with Crippen LogP contribution >= 0.6 is 0 Å². The Hall–Kier alpha value is -2.55. The Bertz CT molecular complexity index is 772. The molecule has 3 heteroatoms. The summed E-state index contributed by atoms with van der Waals surface area (Å²) in [6.45, 7) is 4.31. The zero-order chi connectivity index (χ0) is 16.6. The van der Waals surface area contributed by atoms with Crippen LogP contribution in [0.2, 0.25) is 0 Å². The predicted octanol–water partition coefficient (Wildman–Crippen LogP) is 4.19. The quantitative estimate of drug-likeness (QED) is 0.629. The highest BCUT2D eigenvalue weighted by atomic mass is 16.5. The molecule has 0 bridgehead atoms. The Balaban J connectivity index is 1.97. The van der Waals surface area contributed by atoms with E-state index >= 15 is 0 Å². The van der Waals surface area contributed by atoms with Gasteiger partial charge in [-0.05, 0) is 35.9 Å². The molecule has 0 spiro atoms. The number of allylic oxidation sites excluding steroid dienone is 2. The largest absolute Gasteiger partial charge is 0.497 e. The minimum atomic E-state index is -0.187. The van der Waals surface area contributed by atoms with Crippen molar-refractivity contribution < 1.29 is 9.53 Å². The highest BCUT2D eigenvalue weighted by molar-refractivity contribution is 6.05. The van der Waals surface area contributed by atoms with Gasteiger partial charge in [-0.3, -0.25) is 4.79 Å². The number of ether oxygens (including phenoxy) is 1. The normalized spacial score (nSPS) is 17.2. The molecule has 0 N–H and O–H groups in total. The van der Waals surface area contributed by atoms with Gasteiger partial charge in [0.15, 0.2) is 5.78 Å². The van der Waals surface area contributed by atoms with Crippen molar-refractivity contribution in [3.05, 3.63) is 71.4 Å². The predicted molar refractivity (Wildman–Crippen MR) is 93.3 cm³/mol. The van der Waals surface area contributed by atoms with Crippen molar-refractivity contribution in [1.82, 2.24) is 0 Å². The smallest absolute Gasteiger partial charge is 0.187 e. The van der Waals surface area contributed by atoms with E-state index in [-0.39, 0.29) is 11.2 Å². The summed E-state index contributed by atoms with van der Waals surface area (Å²) in [5.74, 6) is 0.760. The number of para-hydroxylation sites is 1. The molecule has 118 valence electrons. The highest BCUT2D eigenvalue weighted by Gasteiger charge is 2.38. The van der Waals surface area contributed by atoms with Gasteiger partial charge in [0.25, 0.3) is 0 Å². The fraction of sp³-hybridized carbons (Fsp3) is 0.250. The molecule has 3 nitrogen and oxygen atoms in total. The van der Waals surface area contributed by atoms with Gasteiger partial charge in [0.05, 0.1) is 7.11 Å². The van der Waals surface area contributed by atoms with Gasteiger partial charge in [0, 0.05) is 35.5 Å². The molecule has 0 fully saturated rings. The molecule has 0 radical (unpaired) electrons. The zero-order valence-corrected chi connectivity index (χ0v) is 14.0. The zero-order valence-electron chi connectivity index (χ0n) is 14.0. The molecule has 23 heavy (non-hydrogen) atoms. The third-order valence-corrected chi connectivity index (χ3v) is 4.58. The average Bonchev–Trinajstić information content (AvgIpc) is 2.76. The summed E-state index contributed by atoms with van der Waals surface area (Å²) in [5, 5.41) is 0. The highest BCUT2D eigenvalue weighted by Crippen LogP contribution is 2.46. The third-order valence-electron chi connectivity index (χ3n) is 4.58. The second-order valence-electron chi connectivity index (χ2n) is 6.32. The number of methoxy groups -OCH3 is 1. The third kappa shape index (κ3) is 2.52. The number of ketones is 1. The summed E-state index contributed by atoms with van der Waals surface area (Å²) in [4.78, 5) is 14.7. The van der Waals surface area contributed by atoms with Crippen molar-refractivity contribution in [2.75, 3.05) is 19.1 Å². The monoisotopic (exact) mass is 307 g/mol. The maximum Gasteiger partial charge on any atom is 0.187 e. The second kappa shape index (κ2) is 5.58. The average molecular weight is 307 g/mol. The van der Waals surface area contributed by atoms with Crippen molar-refractivity contribution in [2.24, 2.45) is 0 Å². The van der Waals surface area contributed by atoms with Crippen molar-refractivity contribution in [3.8, 4) is 5.75 Å². The van der Waals surface area contributed by atoms with Crippen LogP contribution in [0.25, 0.3) is 0 Å². The Labute approximate surface area is 137 Å². The molecule has 1 aliphatic rings. The summed E-state index contributed by atoms with van der Waals surface area (Å²) < 4.78 is 5.14. The second-order valence-corrected chi connectivity index (χ2v) is 6.32. The van der Waals surface area contributed by atoms with Gasteiger partial charge in [0.1, 0.15) is 5.75 Å². The summed E-state index contributed by atoms with van der Waals surface area (Å²) in [6, 6.07) is 15.5. The number of rotatable bonds is 3. The van der Waals surface area contributed by atoms with E-state index in [4.69, 9.17) is 4.74 Å². The Kier molecular flexibility index (Phi) is 3.72. The van der Waals surface area contributed by atoms with Crippen LogP contribution in [0.15, 0.2) is 60.3 Å². The fourth-order valence-corrected chi connectivity index (χ4v) is 3.22. The number of hydrogen-bond acceptors (Lipinski definition) is 3. The molecule has 0 aromatic heterocycles. The first-order valence-corrected chi connectivity index (χ1v) is 7.69. The van der Waals surface area contributed by atoms with Crippen LogP contribution in [0.4, 0.5) is 5.69 Å². The van der Waals surface area contributed by atoms with Crippen LogP contribution in [0.3, 0.4) is 0 Å². The van der Waals surface area contributed by atoms with Gasteiger partial charge < -0.3 is 9.64 Å². The molecule has 1 aliphatic heterocycles. The molecule has 0 saturated heterocycles. The number of nitrogens with zero attached hydrogens (tertiary/aromatic N) is 1. The molecule has 2 aromatic carbocycles. The first-order chi connectivity index (χ1) is 10.9. The minimum Gasteiger partial charge on any atom is -0.497 e. The molecule has 0 atom stereocenters. The summed E-state index contributed by atoms with van der Waals surface area (Å²) in [7, 11) is 3.63. The van der Waals surface area contributed by atoms with Crippen LogP contribution in [0.5, 0.6) is 5.75 Å². The Morgan fingerprint density at radius 3 is 2.35 bits per heavy atom. The topological polar surface area (TPSA) is 29.5 Å². The maximum absolute atomic E-state index is 12.6. The number of anilines is 1. The van der Waals surface area contributed by atoms with E-state index in [1.165, 1.54) is 5.56 Å². The molecular formula is C20H21NO2. The van der Waals surface area contributed by atoms with E-state index in [9.17, 15) is 4.79 Å². The molecule has 0 saturated carbocycles. The molecule has 0 amide bonds. The maximum atomic E-state index is 12.6. The van der Waals surface area contributed by atoms with Crippen molar-refractivity contribution in [3.63, 3.8) is 0 Å². The van der Waals surface area contributed by atoms with E-state index in [0.29, 0.717) is 5.56 Å². The first kappa shape index (κ1) is 15.3. The van der Waals surface area contributed by atoms with E-state index in [0.717, 1.165) is 17.1 Å². The lowest BCUT2D eigenvalue weighted by Crippen LogP contribution is -2.24. The van der Waals surface area contributed by atoms with Gasteiger partial charge in [-0.15, -0.1) is 0 Å². The number of carbonyl (C=O) groups is 1. The lowest BCUT2D eigenvalue weighted by atomic mass is 9.83. The van der Waals surface area contributed by atoms with E-state index < -0.39 is 0 Å². The van der Waals surface area contributed by atoms with Crippen molar-refractivity contribution >= 4 is 11.5 Å². The van der Waals surface area contributed by atoms with Gasteiger partial charge in [-0.2, -0.15) is 0 Å². The van der Waals surface area contributed by atoms with Crippen LogP contribution < -0.4 is 9.64 Å². The first-order valence-electron chi connectivity index (χ1n) is 7.69. The molecule has 3 rings (SSSR count). The number of hydrogen-bond donors (Lipinski definition) is 0. The Morgan fingerprint density at radius 1 is 1.09 bits per heavy atom. The van der Waals surface area contributed by atoms with E-state index in [1.54, 1.807) is 25.3 Å². The van der Waals surface area contributed by atoms with Gasteiger partial charge in [-0.1, -0.05) is 32.0 Å². The van der Waals surface area contributed by atoms with Gasteiger partial charge in [0.2, 0.25) is 0 Å². The Morgan fingerprint density at radius 2 is 1.74 bits per heavy atom. The van der Waals surface area contributed by atoms with Crippen LogP contribution in [-0.4, -0.2) is 19.9 Å². The minimum absolute atomic E-state index is 0.00961. The summed E-state index contributed by atoms with van der Waals surface area (Å²) in [5.41, 5.74) is 3.90. The van der Waals surface area contributed by atoms with Crippen LogP contribution in [0, 0.1) is 0 Å². The fourth-order valence-electron chi connectivity index (χ4n) is 3.22. The number of likely N-dealkylation sites (N-methyl/N-ethyl adjacent to an activating group) is 1. The van der Waals surface area contributed by atoms with E-state index in [1.807, 2.05) is 31.3 Å². The number of fused-ring (bicyclic) bond motifs is 1. The lowest BCUT2D eigenvalue weighted by Gasteiger charge is -2.24. The SMILES string of the molecule is COc1ccc(C(=O)C=C2N(C)c3ccccc3C2(C)C)cc1. The van der Waals surface area contributed by atoms with Crippen molar-refractivity contribution in [1.29, 1.82) is 0 Å². The molecule has 0 aliphatic carbocycles. The molecule has 0 unspecified atom stereocenters. The van der Waals surface area contributed by atoms with Crippen LogP contribution in [-0.2, 0) is 5.41 Å². The van der Waals surface area contributed by atoms with Gasteiger partial charge >= 0.3 is 0 Å². The van der Waals surface area contributed by atoms with Gasteiger partial charge in [-0.25, -0.2) is 0 Å². The molecule has 1 heterocycles. The number of carbonyl (C=O) groups excluding carboxylic acids is 1.